The molecular formula is C25H24ClN7O3. The number of aromatic amines is 1. The molecule has 3 atom stereocenters. The Kier molecular flexibility index (Phi) is 5.40. The lowest BCUT2D eigenvalue weighted by molar-refractivity contribution is -0.143. The molecule has 0 spiro atoms. The SMILES string of the molecule is NC(=O)c1nn(CC(=O)N2C3CC[C@@H](C3)[C@H]2C(=O)NCc2cnc3[nH]cc(Cl)c3c2)c2ccccc12. The number of amides is 3. The summed E-state index contributed by atoms with van der Waals surface area (Å²) in [4.78, 5) is 47.8. The molecule has 10 nitrogen and oxygen atoms in total. The number of para-hydroxylation sites is 1. The highest BCUT2D eigenvalue weighted by atomic mass is 35.5. The number of piperidine rings is 1. The van der Waals surface area contributed by atoms with E-state index < -0.39 is 11.9 Å². The van der Waals surface area contributed by atoms with Crippen molar-refractivity contribution in [3.63, 3.8) is 0 Å². The summed E-state index contributed by atoms with van der Waals surface area (Å²) in [6.45, 7) is 0.207. The van der Waals surface area contributed by atoms with Crippen LogP contribution in [0.4, 0.5) is 0 Å². The van der Waals surface area contributed by atoms with Crippen LogP contribution in [0.1, 0.15) is 35.3 Å². The molecule has 3 amide bonds. The van der Waals surface area contributed by atoms with Gasteiger partial charge >= 0.3 is 0 Å². The van der Waals surface area contributed by atoms with Gasteiger partial charge in [-0.25, -0.2) is 4.98 Å². The zero-order valence-corrected chi connectivity index (χ0v) is 20.0. The number of fused-ring (bicyclic) bond motifs is 4. The Balaban J connectivity index is 1.21. The molecule has 0 radical (unpaired) electrons. The second kappa shape index (κ2) is 8.63. The zero-order valence-electron chi connectivity index (χ0n) is 19.3. The first-order valence-electron chi connectivity index (χ1n) is 11.9. The van der Waals surface area contributed by atoms with E-state index in [0.717, 1.165) is 30.2 Å². The fourth-order valence-electron chi connectivity index (χ4n) is 5.73. The van der Waals surface area contributed by atoms with Gasteiger partial charge in [0.2, 0.25) is 11.8 Å². The molecule has 2 fully saturated rings. The number of nitrogens with one attached hydrogen (secondary N) is 2. The molecule has 6 rings (SSSR count). The maximum absolute atomic E-state index is 13.5. The number of nitrogens with two attached hydrogens (primary N) is 1. The van der Waals surface area contributed by atoms with E-state index >= 15 is 0 Å². The van der Waals surface area contributed by atoms with Gasteiger partial charge in [0.1, 0.15) is 18.2 Å². The number of carbonyl (C=O) groups is 3. The van der Waals surface area contributed by atoms with Gasteiger partial charge in [-0.3, -0.25) is 19.1 Å². The van der Waals surface area contributed by atoms with Crippen LogP contribution >= 0.6 is 11.6 Å². The Morgan fingerprint density at radius 2 is 2.03 bits per heavy atom. The van der Waals surface area contributed by atoms with Crippen LogP contribution in [0.15, 0.2) is 42.7 Å². The molecule has 3 aromatic heterocycles. The number of halogens is 1. The molecule has 11 heteroatoms. The summed E-state index contributed by atoms with van der Waals surface area (Å²) in [5.41, 5.74) is 7.78. The molecule has 1 aliphatic heterocycles. The highest BCUT2D eigenvalue weighted by molar-refractivity contribution is 6.35. The molecule has 1 aliphatic carbocycles. The summed E-state index contributed by atoms with van der Waals surface area (Å²) in [6.07, 6.45) is 5.96. The predicted octanol–water partition coefficient (Wildman–Crippen LogP) is 2.36. The lowest BCUT2D eigenvalue weighted by Crippen LogP contribution is -2.53. The van der Waals surface area contributed by atoms with Crippen LogP contribution in [-0.2, 0) is 22.7 Å². The largest absolute Gasteiger partial charge is 0.364 e. The Morgan fingerprint density at radius 1 is 1.19 bits per heavy atom. The fraction of sp³-hybridized carbons (Fsp3) is 0.320. The number of pyridine rings is 1. The van der Waals surface area contributed by atoms with Crippen LogP contribution in [-0.4, -0.2) is 54.5 Å². The van der Waals surface area contributed by atoms with Gasteiger partial charge in [-0.2, -0.15) is 5.10 Å². The van der Waals surface area contributed by atoms with E-state index in [9.17, 15) is 14.4 Å². The maximum atomic E-state index is 13.5. The molecule has 2 aliphatic rings. The van der Waals surface area contributed by atoms with Gasteiger partial charge in [0.15, 0.2) is 5.69 Å². The van der Waals surface area contributed by atoms with E-state index in [0.29, 0.717) is 21.6 Å². The summed E-state index contributed by atoms with van der Waals surface area (Å²) in [6, 6.07) is 8.53. The van der Waals surface area contributed by atoms with Crippen molar-refractivity contribution in [3.8, 4) is 0 Å². The third-order valence-corrected chi connectivity index (χ3v) is 7.63. The van der Waals surface area contributed by atoms with E-state index in [1.165, 1.54) is 4.68 Å². The highest BCUT2D eigenvalue weighted by Gasteiger charge is 2.51. The molecule has 4 aromatic rings. The van der Waals surface area contributed by atoms with E-state index in [-0.39, 0.29) is 42.6 Å². The average Bonchev–Trinajstić information content (AvgIpc) is 3.65. The summed E-state index contributed by atoms with van der Waals surface area (Å²) in [5.74, 6) is -0.912. The number of hydrogen-bond donors (Lipinski definition) is 3. The second-order valence-corrected chi connectivity index (χ2v) is 9.86. The van der Waals surface area contributed by atoms with E-state index in [2.05, 4.69) is 20.4 Å². The number of benzene rings is 1. The minimum absolute atomic E-state index is 0.0207. The van der Waals surface area contributed by atoms with Crippen LogP contribution in [0, 0.1) is 5.92 Å². The molecule has 1 unspecified atom stereocenters. The number of primary amides is 1. The van der Waals surface area contributed by atoms with Crippen molar-refractivity contribution in [1.29, 1.82) is 0 Å². The molecule has 4 heterocycles. The minimum Gasteiger partial charge on any atom is -0.364 e. The molecule has 1 aromatic carbocycles. The van der Waals surface area contributed by atoms with Crippen molar-refractivity contribution in [2.45, 2.75) is 44.4 Å². The van der Waals surface area contributed by atoms with Crippen LogP contribution in [0.5, 0.6) is 0 Å². The smallest absolute Gasteiger partial charge is 0.269 e. The van der Waals surface area contributed by atoms with E-state index in [1.807, 2.05) is 12.1 Å². The first kappa shape index (κ1) is 22.5. The predicted molar refractivity (Wildman–Crippen MR) is 133 cm³/mol. The molecule has 4 N–H and O–H groups in total. The quantitative estimate of drug-likeness (QED) is 0.369. The Bertz CT molecular complexity index is 1530. The number of H-pyrrole nitrogens is 1. The molecule has 1 saturated heterocycles. The first-order chi connectivity index (χ1) is 17.4. The topological polar surface area (TPSA) is 139 Å². The van der Waals surface area contributed by atoms with Crippen LogP contribution in [0.25, 0.3) is 21.9 Å². The van der Waals surface area contributed by atoms with Crippen molar-refractivity contribution >= 4 is 51.3 Å². The number of carbonyl (C=O) groups excluding carboxylic acids is 3. The number of nitrogens with zero attached hydrogens (tertiary/aromatic N) is 4. The third-order valence-electron chi connectivity index (χ3n) is 7.32. The number of likely N-dealkylation sites (tertiary alicyclic amines) is 1. The van der Waals surface area contributed by atoms with Gasteiger partial charge in [-0.1, -0.05) is 29.8 Å². The van der Waals surface area contributed by atoms with Crippen LogP contribution < -0.4 is 11.1 Å². The lowest BCUT2D eigenvalue weighted by atomic mass is 9.97. The van der Waals surface area contributed by atoms with Gasteiger partial charge in [0.25, 0.3) is 5.91 Å². The molecule has 184 valence electrons. The monoisotopic (exact) mass is 505 g/mol. The van der Waals surface area contributed by atoms with Crippen molar-refractivity contribution in [2.75, 3.05) is 0 Å². The van der Waals surface area contributed by atoms with Crippen molar-refractivity contribution in [2.24, 2.45) is 11.7 Å². The van der Waals surface area contributed by atoms with Gasteiger partial charge in [0.05, 0.1) is 10.5 Å². The number of aromatic nitrogens is 4. The lowest BCUT2D eigenvalue weighted by Gasteiger charge is -2.34. The standard InChI is InChI=1S/C25H24ClN7O3/c26-18-11-29-24-17(18)7-13(9-28-24)10-30-25(36)22-14-5-6-15(8-14)33(22)20(34)12-32-19-4-2-1-3-16(19)21(31-32)23(27)35/h1-4,7,9,11,14-15,22H,5-6,8,10,12H2,(H2,27,35)(H,28,29)(H,30,36)/t14-,15?,22-/m0/s1. The third kappa shape index (κ3) is 3.69. The number of rotatable bonds is 6. The van der Waals surface area contributed by atoms with Crippen LogP contribution in [0.3, 0.4) is 0 Å². The molecule has 2 bridgehead atoms. The summed E-state index contributed by atoms with van der Waals surface area (Å²) in [7, 11) is 0. The van der Waals surface area contributed by atoms with Crippen LogP contribution in [0.2, 0.25) is 5.02 Å². The minimum atomic E-state index is -0.650. The van der Waals surface area contributed by atoms with Crippen molar-refractivity contribution < 1.29 is 14.4 Å². The van der Waals surface area contributed by atoms with Crippen molar-refractivity contribution in [3.05, 3.63) is 59.0 Å². The maximum Gasteiger partial charge on any atom is 0.269 e. The van der Waals surface area contributed by atoms with Crippen molar-refractivity contribution in [1.82, 2.24) is 30.0 Å². The summed E-state index contributed by atoms with van der Waals surface area (Å²) >= 11 is 6.19. The summed E-state index contributed by atoms with van der Waals surface area (Å²) in [5, 5.41) is 9.26. The fourth-order valence-corrected chi connectivity index (χ4v) is 5.93. The second-order valence-electron chi connectivity index (χ2n) is 9.45. The number of hydrogen-bond acceptors (Lipinski definition) is 5. The van der Waals surface area contributed by atoms with E-state index in [1.54, 1.807) is 35.5 Å². The summed E-state index contributed by atoms with van der Waals surface area (Å²) < 4.78 is 1.50. The Morgan fingerprint density at radius 3 is 2.86 bits per heavy atom. The highest BCUT2D eigenvalue weighted by Crippen LogP contribution is 2.42. The van der Waals surface area contributed by atoms with Gasteiger partial charge < -0.3 is 20.9 Å². The van der Waals surface area contributed by atoms with Gasteiger partial charge in [-0.15, -0.1) is 0 Å². The molecular weight excluding hydrogens is 482 g/mol. The Hall–Kier alpha value is -3.92. The van der Waals surface area contributed by atoms with Gasteiger partial charge in [-0.05, 0) is 42.9 Å². The first-order valence-corrected chi connectivity index (χ1v) is 12.2. The molecule has 1 saturated carbocycles. The normalized spacial score (nSPS) is 20.9. The average molecular weight is 506 g/mol. The van der Waals surface area contributed by atoms with Gasteiger partial charge in [0, 0.05) is 35.8 Å². The Labute approximate surface area is 210 Å². The molecule has 36 heavy (non-hydrogen) atoms. The van der Waals surface area contributed by atoms with E-state index in [4.69, 9.17) is 17.3 Å². The zero-order chi connectivity index (χ0) is 25.0.